The second-order valence-electron chi connectivity index (χ2n) is 6.61. The van der Waals surface area contributed by atoms with Gasteiger partial charge in [0.05, 0.1) is 19.8 Å². The Hall–Kier alpha value is -3.32. The van der Waals surface area contributed by atoms with E-state index in [2.05, 4.69) is 5.10 Å². The molecule has 0 radical (unpaired) electrons. The molecule has 1 N–H and O–H groups in total. The van der Waals surface area contributed by atoms with E-state index in [9.17, 15) is 9.90 Å². The molecule has 0 aliphatic heterocycles. The summed E-state index contributed by atoms with van der Waals surface area (Å²) < 4.78 is 13.1. The van der Waals surface area contributed by atoms with Gasteiger partial charge in [0.1, 0.15) is 17.2 Å². The lowest BCUT2D eigenvalue weighted by Crippen LogP contribution is -2.22. The number of aromatic nitrogens is 2. The summed E-state index contributed by atoms with van der Waals surface area (Å²) in [7, 11) is 4.81. The molecule has 0 atom stereocenters. The standard InChI is InChI=1S/C22H20N2O4S/c1-12-20(25)19(22(26)24(2)23-12)18-15-10-9-13(27-3)11-17(15)29-21(18)14-7-5-6-8-16(14)28-4/h5-11,25H,1-4H3. The number of fused-ring (bicyclic) bond motifs is 1. The summed E-state index contributed by atoms with van der Waals surface area (Å²) in [5.74, 6) is 1.30. The van der Waals surface area contributed by atoms with Crippen LogP contribution >= 0.6 is 11.3 Å². The number of hydrogen-bond acceptors (Lipinski definition) is 6. The lowest BCUT2D eigenvalue weighted by molar-refractivity contribution is 0.415. The molecule has 0 saturated heterocycles. The molecular formula is C22H20N2O4S. The van der Waals surface area contributed by atoms with E-state index >= 15 is 0 Å². The predicted molar refractivity (Wildman–Crippen MR) is 115 cm³/mol. The second-order valence-corrected chi connectivity index (χ2v) is 7.66. The van der Waals surface area contributed by atoms with Gasteiger partial charge in [0.25, 0.3) is 5.56 Å². The highest BCUT2D eigenvalue weighted by atomic mass is 32.1. The quantitative estimate of drug-likeness (QED) is 0.543. The van der Waals surface area contributed by atoms with E-state index in [1.165, 1.54) is 16.0 Å². The Morgan fingerprint density at radius 1 is 1.07 bits per heavy atom. The van der Waals surface area contributed by atoms with Crippen molar-refractivity contribution in [1.82, 2.24) is 9.78 Å². The zero-order valence-corrected chi connectivity index (χ0v) is 17.3. The molecule has 6 nitrogen and oxygen atoms in total. The molecule has 0 aliphatic carbocycles. The van der Waals surface area contributed by atoms with Crippen molar-refractivity contribution in [3.05, 3.63) is 58.5 Å². The summed E-state index contributed by atoms with van der Waals surface area (Å²) in [6.45, 7) is 1.68. The molecule has 29 heavy (non-hydrogen) atoms. The van der Waals surface area contributed by atoms with Crippen molar-refractivity contribution in [3.8, 4) is 38.8 Å². The molecule has 0 spiro atoms. The maximum atomic E-state index is 13.0. The maximum Gasteiger partial charge on any atom is 0.278 e. The van der Waals surface area contributed by atoms with Gasteiger partial charge in [-0.1, -0.05) is 12.1 Å². The zero-order valence-electron chi connectivity index (χ0n) is 16.5. The Balaban J connectivity index is 2.18. The van der Waals surface area contributed by atoms with Crippen molar-refractivity contribution in [1.29, 1.82) is 0 Å². The Morgan fingerprint density at radius 2 is 1.83 bits per heavy atom. The molecule has 148 valence electrons. The maximum absolute atomic E-state index is 13.0. The fourth-order valence-corrected chi connectivity index (χ4v) is 4.73. The van der Waals surface area contributed by atoms with Crippen LogP contribution in [0.25, 0.3) is 31.7 Å². The molecule has 2 aromatic heterocycles. The minimum absolute atomic E-state index is 0.111. The minimum atomic E-state index is -0.361. The lowest BCUT2D eigenvalue weighted by Gasteiger charge is -2.12. The van der Waals surface area contributed by atoms with Crippen LogP contribution in [-0.4, -0.2) is 29.1 Å². The molecule has 0 amide bonds. The molecule has 2 aromatic carbocycles. The highest BCUT2D eigenvalue weighted by Gasteiger charge is 2.25. The van der Waals surface area contributed by atoms with Crippen LogP contribution in [0.15, 0.2) is 47.3 Å². The molecule has 2 heterocycles. The van der Waals surface area contributed by atoms with Gasteiger partial charge in [-0.15, -0.1) is 11.3 Å². The smallest absolute Gasteiger partial charge is 0.278 e. The normalized spacial score (nSPS) is 11.0. The third kappa shape index (κ3) is 3.03. The van der Waals surface area contributed by atoms with Gasteiger partial charge in [-0.25, -0.2) is 4.68 Å². The Kier molecular flexibility index (Phi) is 4.76. The summed E-state index contributed by atoms with van der Waals surface area (Å²) in [5.41, 5.74) is 1.78. The summed E-state index contributed by atoms with van der Waals surface area (Å²) in [4.78, 5) is 13.9. The van der Waals surface area contributed by atoms with Gasteiger partial charge < -0.3 is 14.6 Å². The fourth-order valence-electron chi connectivity index (χ4n) is 3.46. The van der Waals surface area contributed by atoms with Crippen LogP contribution < -0.4 is 15.0 Å². The number of methoxy groups -OCH3 is 2. The molecule has 7 heteroatoms. The predicted octanol–water partition coefficient (Wildman–Crippen LogP) is 4.36. The number of thiophene rings is 1. The van der Waals surface area contributed by atoms with E-state index in [4.69, 9.17) is 9.47 Å². The topological polar surface area (TPSA) is 73.6 Å². The first-order valence-electron chi connectivity index (χ1n) is 8.97. The van der Waals surface area contributed by atoms with E-state index in [0.717, 1.165) is 26.3 Å². The summed E-state index contributed by atoms with van der Waals surface area (Å²) >= 11 is 1.52. The average molecular weight is 408 g/mol. The largest absolute Gasteiger partial charge is 0.505 e. The Labute approximate surface area is 171 Å². The molecule has 0 unspecified atom stereocenters. The van der Waals surface area contributed by atoms with Crippen molar-refractivity contribution in [3.63, 3.8) is 0 Å². The van der Waals surface area contributed by atoms with Gasteiger partial charge in [-0.2, -0.15) is 5.10 Å². The summed E-state index contributed by atoms with van der Waals surface area (Å²) in [6.07, 6.45) is 0. The summed E-state index contributed by atoms with van der Waals surface area (Å²) in [6, 6.07) is 13.3. The molecule has 0 bridgehead atoms. The van der Waals surface area contributed by atoms with Gasteiger partial charge >= 0.3 is 0 Å². The van der Waals surface area contributed by atoms with Crippen molar-refractivity contribution >= 4 is 21.4 Å². The van der Waals surface area contributed by atoms with E-state index in [0.29, 0.717) is 17.0 Å². The number of aryl methyl sites for hydroxylation is 2. The molecule has 4 aromatic rings. The van der Waals surface area contributed by atoms with Crippen molar-refractivity contribution in [2.24, 2.45) is 7.05 Å². The van der Waals surface area contributed by atoms with Gasteiger partial charge in [0, 0.05) is 33.1 Å². The molecule has 0 fully saturated rings. The van der Waals surface area contributed by atoms with Crippen molar-refractivity contribution in [2.45, 2.75) is 6.92 Å². The number of para-hydroxylation sites is 1. The van der Waals surface area contributed by atoms with E-state index in [1.807, 2.05) is 42.5 Å². The average Bonchev–Trinajstić information content (AvgIpc) is 3.10. The third-order valence-electron chi connectivity index (χ3n) is 4.89. The van der Waals surface area contributed by atoms with Crippen LogP contribution in [0, 0.1) is 6.92 Å². The van der Waals surface area contributed by atoms with E-state index in [-0.39, 0.29) is 16.9 Å². The molecule has 0 aliphatic rings. The van der Waals surface area contributed by atoms with Crippen LogP contribution in [0.5, 0.6) is 17.2 Å². The van der Waals surface area contributed by atoms with Crippen LogP contribution in [0.3, 0.4) is 0 Å². The first kappa shape index (κ1) is 19.0. The van der Waals surface area contributed by atoms with Gasteiger partial charge in [0.15, 0.2) is 5.75 Å². The number of ether oxygens (including phenoxy) is 2. The lowest BCUT2D eigenvalue weighted by atomic mass is 9.98. The van der Waals surface area contributed by atoms with Gasteiger partial charge in [-0.3, -0.25) is 4.79 Å². The summed E-state index contributed by atoms with van der Waals surface area (Å²) in [5, 5.41) is 15.8. The first-order chi connectivity index (χ1) is 14.0. The Bertz CT molecular complexity index is 1290. The molecule has 4 rings (SSSR count). The fraction of sp³-hybridized carbons (Fsp3) is 0.182. The van der Waals surface area contributed by atoms with E-state index in [1.54, 1.807) is 28.2 Å². The molecule has 0 saturated carbocycles. The molecular weight excluding hydrogens is 388 g/mol. The Morgan fingerprint density at radius 3 is 2.55 bits per heavy atom. The number of aromatic hydroxyl groups is 1. The zero-order chi connectivity index (χ0) is 20.7. The van der Waals surface area contributed by atoms with Crippen LogP contribution in [-0.2, 0) is 7.05 Å². The van der Waals surface area contributed by atoms with Gasteiger partial charge in [0.2, 0.25) is 0 Å². The van der Waals surface area contributed by atoms with Crippen molar-refractivity contribution in [2.75, 3.05) is 14.2 Å². The second kappa shape index (κ2) is 7.25. The number of rotatable bonds is 4. The van der Waals surface area contributed by atoms with Crippen LogP contribution in [0.4, 0.5) is 0 Å². The number of benzene rings is 2. The minimum Gasteiger partial charge on any atom is -0.505 e. The third-order valence-corrected chi connectivity index (χ3v) is 6.07. The highest BCUT2D eigenvalue weighted by molar-refractivity contribution is 7.23. The first-order valence-corrected chi connectivity index (χ1v) is 9.79. The highest BCUT2D eigenvalue weighted by Crippen LogP contribution is 2.49. The number of hydrogen-bond donors (Lipinski definition) is 1. The monoisotopic (exact) mass is 408 g/mol. The SMILES string of the molecule is COc1ccc2c(-c3c(O)c(C)nn(C)c3=O)c(-c3ccccc3OC)sc2c1. The number of nitrogens with zero attached hydrogens (tertiary/aromatic N) is 2. The van der Waals surface area contributed by atoms with Crippen molar-refractivity contribution < 1.29 is 14.6 Å². The van der Waals surface area contributed by atoms with Gasteiger partial charge in [-0.05, 0) is 37.3 Å². The van der Waals surface area contributed by atoms with Crippen LogP contribution in [0.2, 0.25) is 0 Å². The van der Waals surface area contributed by atoms with E-state index < -0.39 is 0 Å². The van der Waals surface area contributed by atoms with Crippen LogP contribution in [0.1, 0.15) is 5.69 Å².